The molecular weight excluding hydrogens is 928 g/mol. The molecule has 6 heteroatoms. The van der Waals surface area contributed by atoms with E-state index in [9.17, 15) is 10.4 Å². The zero-order valence-electron chi connectivity index (χ0n) is 35.1. The summed E-state index contributed by atoms with van der Waals surface area (Å²) in [6.45, 7) is 13.5. The molecule has 0 unspecified atom stereocenters. The number of aromatic nitrogens is 3. The van der Waals surface area contributed by atoms with Gasteiger partial charge in [0, 0.05) is 66.2 Å². The number of benzene rings is 6. The number of fused-ring (bicyclic) bond motifs is 3. The van der Waals surface area contributed by atoms with E-state index in [4.69, 9.17) is 9.97 Å². The van der Waals surface area contributed by atoms with Gasteiger partial charge in [-0.15, -0.1) is 24.3 Å². The summed E-state index contributed by atoms with van der Waals surface area (Å²) in [5.41, 5.74) is 14.5. The van der Waals surface area contributed by atoms with Crippen LogP contribution >= 0.6 is 0 Å². The van der Waals surface area contributed by atoms with E-state index >= 15 is 0 Å². The van der Waals surface area contributed by atoms with Crippen molar-refractivity contribution in [3.63, 3.8) is 0 Å². The molecule has 0 saturated heterocycles. The molecule has 5 nitrogen and oxygen atoms in total. The Bertz CT molecular complexity index is 3110. The fourth-order valence-electron chi connectivity index (χ4n) is 8.06. The van der Waals surface area contributed by atoms with Crippen molar-refractivity contribution >= 4 is 21.8 Å². The van der Waals surface area contributed by atoms with E-state index < -0.39 is 0 Å². The third-order valence-corrected chi connectivity index (χ3v) is 11.3. The summed E-state index contributed by atoms with van der Waals surface area (Å²) in [6.07, 6.45) is 1.83. The largest absolute Gasteiger partial charge is 0.507 e. The maximum Gasteiger partial charge on any atom is 0.124 e. The summed E-state index contributed by atoms with van der Waals surface area (Å²) < 4.78 is 2.29. The van der Waals surface area contributed by atoms with E-state index in [1.807, 2.05) is 72.9 Å². The molecule has 302 valence electrons. The van der Waals surface area contributed by atoms with Gasteiger partial charge in [0.25, 0.3) is 0 Å². The number of rotatable bonds is 6. The van der Waals surface area contributed by atoms with Crippen molar-refractivity contribution in [2.75, 3.05) is 0 Å². The van der Waals surface area contributed by atoms with Gasteiger partial charge in [0.2, 0.25) is 0 Å². The third-order valence-electron chi connectivity index (χ3n) is 11.3. The zero-order valence-corrected chi connectivity index (χ0v) is 37.3. The van der Waals surface area contributed by atoms with Crippen molar-refractivity contribution in [1.82, 2.24) is 14.5 Å². The molecule has 0 fully saturated rings. The number of nitriles is 1. The van der Waals surface area contributed by atoms with Gasteiger partial charge in [0.05, 0.1) is 28.4 Å². The van der Waals surface area contributed by atoms with Crippen LogP contribution in [0, 0.1) is 17.4 Å². The van der Waals surface area contributed by atoms with Gasteiger partial charge in [-0.2, -0.15) is 5.26 Å². The van der Waals surface area contributed by atoms with Crippen LogP contribution in [0.3, 0.4) is 0 Å². The molecule has 1 N–H and O–H groups in total. The molecule has 9 aromatic rings. The van der Waals surface area contributed by atoms with Crippen LogP contribution in [-0.4, -0.2) is 19.6 Å². The van der Waals surface area contributed by atoms with E-state index in [1.54, 1.807) is 6.07 Å². The second kappa shape index (κ2) is 16.1. The molecule has 0 saturated carbocycles. The molecule has 9 rings (SSSR count). The summed E-state index contributed by atoms with van der Waals surface area (Å²) in [4.78, 5) is 10.0. The number of pyridine rings is 2. The first-order valence-electron chi connectivity index (χ1n) is 20.3. The van der Waals surface area contributed by atoms with Crippen LogP contribution in [0.5, 0.6) is 5.75 Å². The van der Waals surface area contributed by atoms with Gasteiger partial charge in [-0.3, -0.25) is 9.97 Å². The summed E-state index contributed by atoms with van der Waals surface area (Å²) >= 11 is 0. The molecule has 0 bridgehead atoms. The second-order valence-corrected chi connectivity index (χ2v) is 17.6. The van der Waals surface area contributed by atoms with Crippen LogP contribution in [0.2, 0.25) is 0 Å². The van der Waals surface area contributed by atoms with Gasteiger partial charge in [-0.25, -0.2) is 0 Å². The van der Waals surface area contributed by atoms with Crippen LogP contribution < -0.4 is 0 Å². The summed E-state index contributed by atoms with van der Waals surface area (Å²) in [5.74, 6) is 0.173. The van der Waals surface area contributed by atoms with Crippen LogP contribution in [0.1, 0.15) is 58.2 Å². The molecule has 61 heavy (non-hydrogen) atoms. The molecule has 0 amide bonds. The van der Waals surface area contributed by atoms with Gasteiger partial charge in [0.15, 0.2) is 0 Å². The molecule has 0 aliphatic carbocycles. The van der Waals surface area contributed by atoms with E-state index in [-0.39, 0.29) is 37.6 Å². The van der Waals surface area contributed by atoms with E-state index in [0.717, 1.165) is 72.3 Å². The van der Waals surface area contributed by atoms with Crippen LogP contribution in [-0.2, 0) is 31.9 Å². The van der Waals surface area contributed by atoms with E-state index in [2.05, 4.69) is 137 Å². The Morgan fingerprint density at radius 2 is 1.20 bits per heavy atom. The van der Waals surface area contributed by atoms with Gasteiger partial charge in [-0.1, -0.05) is 132 Å². The first-order valence-corrected chi connectivity index (χ1v) is 20.3. The quantitative estimate of drug-likeness (QED) is 0.169. The number of phenols is 1. The molecule has 3 aromatic heterocycles. The third kappa shape index (κ3) is 7.93. The Balaban J connectivity index is 0.00000514. The molecule has 0 spiro atoms. The maximum atomic E-state index is 11.0. The van der Waals surface area contributed by atoms with E-state index in [1.165, 1.54) is 11.1 Å². The maximum absolute atomic E-state index is 11.0. The summed E-state index contributed by atoms with van der Waals surface area (Å²) in [6, 6.07) is 57.4. The predicted octanol–water partition coefficient (Wildman–Crippen LogP) is 13.9. The normalized spacial score (nSPS) is 11.7. The van der Waals surface area contributed by atoms with Crippen molar-refractivity contribution in [3.05, 3.63) is 181 Å². The summed E-state index contributed by atoms with van der Waals surface area (Å²) in [5, 5.41) is 23.4. The van der Waals surface area contributed by atoms with Crippen molar-refractivity contribution in [2.24, 2.45) is 0 Å². The van der Waals surface area contributed by atoms with Crippen molar-refractivity contribution in [2.45, 2.75) is 52.4 Å². The second-order valence-electron chi connectivity index (χ2n) is 17.6. The van der Waals surface area contributed by atoms with Gasteiger partial charge in [0.1, 0.15) is 5.75 Å². The molecule has 0 radical (unpaired) electrons. The Hall–Kier alpha value is -6.60. The Morgan fingerprint density at radius 1 is 0.574 bits per heavy atom. The van der Waals surface area contributed by atoms with Gasteiger partial charge < -0.3 is 9.67 Å². The Kier molecular flexibility index (Phi) is 10.9. The molecule has 6 aromatic carbocycles. The van der Waals surface area contributed by atoms with Gasteiger partial charge in [-0.05, 0) is 93.2 Å². The number of hydrogen-bond donors (Lipinski definition) is 1. The van der Waals surface area contributed by atoms with Crippen molar-refractivity contribution in [3.8, 4) is 73.5 Å². The van der Waals surface area contributed by atoms with Crippen molar-refractivity contribution < 1.29 is 26.2 Å². The fourth-order valence-corrected chi connectivity index (χ4v) is 8.06. The zero-order chi connectivity index (χ0) is 41.8. The van der Waals surface area contributed by atoms with Crippen molar-refractivity contribution in [1.29, 1.82) is 5.26 Å². The SMILES string of the molecule is CC(C)(C)c1cc(-c2cc(-c3[c-]c(-c4cc(-c5cc(C#N)cc6c7ccccc7n(-c7ccccc7)c56)ccn4)ccc3)nc(-c3ccccc3O)c2)cc(C(C)(C)C)c1.[Pt]. The predicted molar refractivity (Wildman–Crippen MR) is 246 cm³/mol. The molecule has 3 heterocycles. The first kappa shape index (κ1) is 41.1. The van der Waals surface area contributed by atoms with Crippen LogP contribution in [0.25, 0.3) is 83.5 Å². The van der Waals surface area contributed by atoms with E-state index in [0.29, 0.717) is 16.8 Å². The standard InChI is InChI=1S/C55H45N4O.Pt/c1-54(2,3)41-28-39(29-42(33-41)55(4,5)6)40-31-49(58-50(32-40)45-20-11-13-22-52(45)60)38-16-14-15-37(27-38)48-30-36(23-24-57-48)46-25-35(34-56)26-47-44-19-10-12-21-51(44)59(53(46)47)43-17-8-7-9-18-43;/h7-26,28-33,60H,1-6H3;/q-1;. The number of hydrogen-bond acceptors (Lipinski definition) is 4. The number of para-hydroxylation sites is 3. The summed E-state index contributed by atoms with van der Waals surface area (Å²) in [7, 11) is 0. The Morgan fingerprint density at radius 3 is 1.90 bits per heavy atom. The first-order chi connectivity index (χ1) is 28.9. The average molecular weight is 973 g/mol. The number of phenolic OH excluding ortho intramolecular Hbond substituents is 1. The monoisotopic (exact) mass is 972 g/mol. The minimum absolute atomic E-state index is 0. The fraction of sp³-hybridized carbons (Fsp3) is 0.145. The van der Waals surface area contributed by atoms with Gasteiger partial charge >= 0.3 is 0 Å². The minimum atomic E-state index is -0.0597. The molecule has 0 aliphatic rings. The van der Waals surface area contributed by atoms with Crippen LogP contribution in [0.15, 0.2) is 158 Å². The number of nitrogens with zero attached hydrogens (tertiary/aromatic N) is 4. The average Bonchev–Trinajstić information content (AvgIpc) is 3.60. The molecule has 0 atom stereocenters. The topological polar surface area (TPSA) is 74.7 Å². The molecule has 0 aliphatic heterocycles. The Labute approximate surface area is 372 Å². The van der Waals surface area contributed by atoms with Crippen LogP contribution in [0.4, 0.5) is 0 Å². The smallest absolute Gasteiger partial charge is 0.124 e. The molecular formula is C55H45N4OPt-. The number of aromatic hydroxyl groups is 1. The minimum Gasteiger partial charge on any atom is -0.507 e.